The number of carbonyl (C=O) groups excluding carboxylic acids is 1. The van der Waals surface area contributed by atoms with Crippen molar-refractivity contribution < 1.29 is 14.3 Å². The van der Waals surface area contributed by atoms with Gasteiger partial charge in [-0.25, -0.2) is 4.98 Å². The van der Waals surface area contributed by atoms with Gasteiger partial charge in [-0.2, -0.15) is 0 Å². The van der Waals surface area contributed by atoms with Gasteiger partial charge >= 0.3 is 0 Å². The average molecular weight is 466 g/mol. The molecule has 1 aliphatic heterocycles. The maximum absolute atomic E-state index is 13.1. The molecule has 2 aromatic carbocycles. The number of amides is 1. The summed E-state index contributed by atoms with van der Waals surface area (Å²) in [5.74, 6) is 1.63. The van der Waals surface area contributed by atoms with Gasteiger partial charge in [0.25, 0.3) is 5.56 Å². The van der Waals surface area contributed by atoms with Gasteiger partial charge in [0.1, 0.15) is 5.82 Å². The highest BCUT2D eigenvalue weighted by Crippen LogP contribution is 2.38. The number of rotatable bonds is 8. The molecule has 33 heavy (non-hydrogen) atoms. The number of aromatic amines is 1. The van der Waals surface area contributed by atoms with E-state index in [2.05, 4.69) is 34.3 Å². The van der Waals surface area contributed by atoms with Crippen molar-refractivity contribution >= 4 is 23.5 Å². The van der Waals surface area contributed by atoms with Crippen LogP contribution in [0.1, 0.15) is 48.4 Å². The third kappa shape index (κ3) is 5.06. The van der Waals surface area contributed by atoms with Gasteiger partial charge in [-0.3, -0.25) is 9.59 Å². The van der Waals surface area contributed by atoms with Crippen LogP contribution >= 0.6 is 11.8 Å². The highest BCUT2D eigenvalue weighted by Gasteiger charge is 2.31. The molecule has 1 aromatic heterocycles. The Morgan fingerprint density at radius 3 is 2.58 bits per heavy atom. The maximum Gasteiger partial charge on any atom is 0.257 e. The number of ether oxygens (including phenoxy) is 2. The lowest BCUT2D eigenvalue weighted by Gasteiger charge is -2.25. The van der Waals surface area contributed by atoms with Crippen LogP contribution in [-0.4, -0.2) is 29.1 Å². The molecule has 3 aromatic rings. The molecule has 0 bridgehead atoms. The number of hydrogen-bond donors (Lipinski definition) is 2. The van der Waals surface area contributed by atoms with Gasteiger partial charge in [-0.1, -0.05) is 42.1 Å². The second-order valence-electron chi connectivity index (χ2n) is 7.73. The van der Waals surface area contributed by atoms with E-state index in [0.717, 1.165) is 5.56 Å². The molecule has 4 rings (SSSR count). The standard InChI is InChI=1S/C25H27N3O4S/c1-4-31-19-11-10-16(12-20(19)32-5-2)18-13-21(29)26-23-22(18)24(30)28-25(27-23)33-14-17-9-7-6-8-15(17)3/h6-12,18H,4-5,13-14H2,1-3H3,(H2,26,27,28,29,30)/t18-/m0/s1. The summed E-state index contributed by atoms with van der Waals surface area (Å²) in [5, 5.41) is 3.26. The van der Waals surface area contributed by atoms with E-state index >= 15 is 0 Å². The first-order chi connectivity index (χ1) is 16.0. The fraction of sp³-hybridized carbons (Fsp3) is 0.320. The molecule has 1 aliphatic rings. The average Bonchev–Trinajstić information content (AvgIpc) is 2.79. The Balaban J connectivity index is 1.66. The van der Waals surface area contributed by atoms with Crippen LogP contribution in [0.15, 0.2) is 52.4 Å². The number of thioether (sulfide) groups is 1. The summed E-state index contributed by atoms with van der Waals surface area (Å²) in [6, 6.07) is 13.6. The third-order valence-electron chi connectivity index (χ3n) is 5.52. The summed E-state index contributed by atoms with van der Waals surface area (Å²) in [4.78, 5) is 33.1. The normalized spacial score (nSPS) is 15.0. The molecule has 0 radical (unpaired) electrons. The Hall–Kier alpha value is -3.26. The van der Waals surface area contributed by atoms with Crippen molar-refractivity contribution in [3.8, 4) is 11.5 Å². The fourth-order valence-electron chi connectivity index (χ4n) is 3.91. The van der Waals surface area contributed by atoms with Crippen molar-refractivity contribution in [3.63, 3.8) is 0 Å². The Bertz CT molecular complexity index is 1220. The molecule has 0 spiro atoms. The number of anilines is 1. The summed E-state index contributed by atoms with van der Waals surface area (Å²) in [7, 11) is 0. The first-order valence-corrected chi connectivity index (χ1v) is 12.0. The van der Waals surface area contributed by atoms with Crippen LogP contribution < -0.4 is 20.3 Å². The zero-order valence-electron chi connectivity index (χ0n) is 18.9. The molecule has 172 valence electrons. The van der Waals surface area contributed by atoms with E-state index in [-0.39, 0.29) is 17.9 Å². The number of benzene rings is 2. The molecule has 2 N–H and O–H groups in total. The maximum atomic E-state index is 13.1. The van der Waals surface area contributed by atoms with Crippen LogP contribution in [0.4, 0.5) is 5.82 Å². The van der Waals surface area contributed by atoms with E-state index in [0.29, 0.717) is 47.0 Å². The lowest BCUT2D eigenvalue weighted by molar-refractivity contribution is -0.116. The second-order valence-corrected chi connectivity index (χ2v) is 8.69. The zero-order chi connectivity index (χ0) is 23.4. The molecule has 1 atom stereocenters. The predicted octanol–water partition coefficient (Wildman–Crippen LogP) is 4.64. The molecule has 0 aliphatic carbocycles. The van der Waals surface area contributed by atoms with E-state index in [1.807, 2.05) is 44.2 Å². The summed E-state index contributed by atoms with van der Waals surface area (Å²) in [6.07, 6.45) is 0.160. The molecule has 0 saturated heterocycles. The van der Waals surface area contributed by atoms with E-state index in [4.69, 9.17) is 9.47 Å². The van der Waals surface area contributed by atoms with Crippen molar-refractivity contribution in [2.45, 2.75) is 44.0 Å². The first kappa shape index (κ1) is 22.9. The highest BCUT2D eigenvalue weighted by molar-refractivity contribution is 7.98. The van der Waals surface area contributed by atoms with Crippen LogP contribution in [-0.2, 0) is 10.5 Å². The van der Waals surface area contributed by atoms with E-state index < -0.39 is 5.92 Å². The van der Waals surface area contributed by atoms with Crippen molar-refractivity contribution in [1.29, 1.82) is 0 Å². The Labute approximate surface area is 196 Å². The van der Waals surface area contributed by atoms with Gasteiger partial charge < -0.3 is 19.8 Å². The van der Waals surface area contributed by atoms with Gasteiger partial charge in [0.15, 0.2) is 16.7 Å². The molecule has 2 heterocycles. The van der Waals surface area contributed by atoms with Gasteiger partial charge in [0, 0.05) is 18.1 Å². The Morgan fingerprint density at radius 1 is 1.06 bits per heavy atom. The van der Waals surface area contributed by atoms with Crippen molar-refractivity contribution in [3.05, 3.63) is 75.1 Å². The van der Waals surface area contributed by atoms with Gasteiger partial charge in [-0.05, 0) is 49.6 Å². The number of carbonyl (C=O) groups is 1. The van der Waals surface area contributed by atoms with Crippen LogP contribution in [0.25, 0.3) is 0 Å². The number of fused-ring (bicyclic) bond motifs is 1. The number of hydrogen-bond acceptors (Lipinski definition) is 6. The second kappa shape index (κ2) is 10.1. The van der Waals surface area contributed by atoms with Gasteiger partial charge in [-0.15, -0.1) is 0 Å². The molecule has 0 unspecified atom stereocenters. The lowest BCUT2D eigenvalue weighted by Crippen LogP contribution is -2.31. The third-order valence-corrected chi connectivity index (χ3v) is 6.45. The van der Waals surface area contributed by atoms with Crippen molar-refractivity contribution in [2.75, 3.05) is 18.5 Å². The van der Waals surface area contributed by atoms with Crippen molar-refractivity contribution in [1.82, 2.24) is 9.97 Å². The number of aryl methyl sites for hydroxylation is 1. The Morgan fingerprint density at radius 2 is 1.82 bits per heavy atom. The number of aromatic nitrogens is 2. The highest BCUT2D eigenvalue weighted by atomic mass is 32.2. The van der Waals surface area contributed by atoms with E-state index in [1.54, 1.807) is 0 Å². The fourth-order valence-corrected chi connectivity index (χ4v) is 4.84. The lowest BCUT2D eigenvalue weighted by atomic mass is 9.86. The van der Waals surface area contributed by atoms with Crippen LogP contribution in [0, 0.1) is 6.92 Å². The minimum absolute atomic E-state index is 0.160. The molecule has 8 heteroatoms. The summed E-state index contributed by atoms with van der Waals surface area (Å²) in [5.41, 5.74) is 3.37. The summed E-state index contributed by atoms with van der Waals surface area (Å²) < 4.78 is 11.4. The number of H-pyrrole nitrogens is 1. The largest absolute Gasteiger partial charge is 0.490 e. The number of nitrogens with zero attached hydrogens (tertiary/aromatic N) is 1. The number of nitrogens with one attached hydrogen (secondary N) is 2. The molecule has 0 saturated carbocycles. The topological polar surface area (TPSA) is 93.3 Å². The van der Waals surface area contributed by atoms with Crippen LogP contribution in [0.5, 0.6) is 11.5 Å². The quantitative estimate of drug-likeness (QED) is 0.372. The van der Waals surface area contributed by atoms with Gasteiger partial charge in [0.05, 0.1) is 18.8 Å². The zero-order valence-corrected chi connectivity index (χ0v) is 19.8. The monoisotopic (exact) mass is 465 g/mol. The molecule has 0 fully saturated rings. The van der Waals surface area contributed by atoms with E-state index in [1.165, 1.54) is 22.9 Å². The molecule has 1 amide bonds. The SMILES string of the molecule is CCOc1ccc([C@@H]2CC(=O)Nc3nc(SCc4ccccc4C)[nH]c(=O)c32)cc1OCC. The molecule has 7 nitrogen and oxygen atoms in total. The minimum Gasteiger partial charge on any atom is -0.490 e. The Kier molecular flexibility index (Phi) is 7.03. The molecular weight excluding hydrogens is 438 g/mol. The van der Waals surface area contributed by atoms with Crippen LogP contribution in [0.3, 0.4) is 0 Å². The van der Waals surface area contributed by atoms with E-state index in [9.17, 15) is 9.59 Å². The first-order valence-electron chi connectivity index (χ1n) is 11.0. The molecular formula is C25H27N3O4S. The summed E-state index contributed by atoms with van der Waals surface area (Å²) in [6.45, 7) is 6.86. The minimum atomic E-state index is -0.421. The van der Waals surface area contributed by atoms with Crippen molar-refractivity contribution in [2.24, 2.45) is 0 Å². The summed E-state index contributed by atoms with van der Waals surface area (Å²) >= 11 is 1.43. The smallest absolute Gasteiger partial charge is 0.257 e. The van der Waals surface area contributed by atoms with Gasteiger partial charge in [0.2, 0.25) is 5.91 Å². The predicted molar refractivity (Wildman–Crippen MR) is 129 cm³/mol. The van der Waals surface area contributed by atoms with Crippen LogP contribution in [0.2, 0.25) is 0 Å².